The Bertz CT molecular complexity index is 1090. The highest BCUT2D eigenvalue weighted by Gasteiger charge is 2.20. The Labute approximate surface area is 160 Å². The number of nitrogens with one attached hydrogen (secondary N) is 2. The number of ketones is 1. The third-order valence-corrected chi connectivity index (χ3v) is 5.13. The highest BCUT2D eigenvalue weighted by atomic mass is 32.2. The molecule has 1 heterocycles. The van der Waals surface area contributed by atoms with Crippen LogP contribution in [0.25, 0.3) is 0 Å². The molecule has 1 aromatic heterocycles. The van der Waals surface area contributed by atoms with E-state index in [0.717, 1.165) is 24.3 Å². The van der Waals surface area contributed by atoms with Gasteiger partial charge >= 0.3 is 5.97 Å². The first-order chi connectivity index (χ1) is 13.4. The summed E-state index contributed by atoms with van der Waals surface area (Å²) in [5.41, 5.74) is 0.203. The van der Waals surface area contributed by atoms with E-state index in [1.54, 1.807) is 18.3 Å². The zero-order valence-electron chi connectivity index (χ0n) is 14.4. The number of carbonyl (C=O) groups excluding carboxylic acids is 2. The van der Waals surface area contributed by atoms with Crippen molar-refractivity contribution in [3.05, 3.63) is 83.9 Å². The van der Waals surface area contributed by atoms with Gasteiger partial charge in [-0.1, -0.05) is 12.1 Å². The van der Waals surface area contributed by atoms with Crippen molar-refractivity contribution < 1.29 is 27.1 Å². The van der Waals surface area contributed by atoms with Crippen LogP contribution >= 0.6 is 0 Å². The maximum absolute atomic E-state index is 13.0. The molecule has 9 heteroatoms. The van der Waals surface area contributed by atoms with E-state index in [-0.39, 0.29) is 21.8 Å². The van der Waals surface area contributed by atoms with Gasteiger partial charge in [-0.15, -0.1) is 0 Å². The second kappa shape index (κ2) is 8.05. The van der Waals surface area contributed by atoms with Gasteiger partial charge in [-0.3, -0.25) is 9.52 Å². The molecule has 0 bridgehead atoms. The van der Waals surface area contributed by atoms with Crippen molar-refractivity contribution in [2.45, 2.75) is 4.90 Å². The summed E-state index contributed by atoms with van der Waals surface area (Å²) < 4.78 is 45.2. The number of anilines is 1. The minimum Gasteiger partial charge on any atom is -0.454 e. The standard InChI is InChI=1S/C19H15FN2O5S/c20-13-7-9-14(10-8-13)28(25,26)22-16-5-2-1-4-15(16)19(24)27-12-18(23)17-6-3-11-21-17/h1-11,21-22H,12H2. The maximum Gasteiger partial charge on any atom is 0.340 e. The molecule has 0 unspecified atom stereocenters. The van der Waals surface area contributed by atoms with Crippen molar-refractivity contribution in [3.8, 4) is 0 Å². The number of halogens is 1. The smallest absolute Gasteiger partial charge is 0.340 e. The van der Waals surface area contributed by atoms with Crippen LogP contribution in [0.1, 0.15) is 20.8 Å². The van der Waals surface area contributed by atoms with Gasteiger partial charge in [0.15, 0.2) is 6.61 Å². The number of hydrogen-bond donors (Lipinski definition) is 2. The number of aromatic nitrogens is 1. The van der Waals surface area contributed by atoms with Gasteiger partial charge in [-0.05, 0) is 48.5 Å². The zero-order chi connectivity index (χ0) is 20.1. The molecular weight excluding hydrogens is 387 g/mol. The number of ether oxygens (including phenoxy) is 1. The largest absolute Gasteiger partial charge is 0.454 e. The van der Waals surface area contributed by atoms with Gasteiger partial charge in [0.05, 0.1) is 21.8 Å². The number of rotatable bonds is 7. The van der Waals surface area contributed by atoms with Gasteiger partial charge in [-0.2, -0.15) is 0 Å². The molecule has 3 rings (SSSR count). The monoisotopic (exact) mass is 402 g/mol. The quantitative estimate of drug-likeness (QED) is 0.467. The van der Waals surface area contributed by atoms with Crippen molar-refractivity contribution in [1.82, 2.24) is 4.98 Å². The first-order valence-electron chi connectivity index (χ1n) is 8.08. The summed E-state index contributed by atoms with van der Waals surface area (Å²) in [7, 11) is -4.05. The van der Waals surface area contributed by atoms with Gasteiger partial charge in [-0.25, -0.2) is 17.6 Å². The summed E-state index contributed by atoms with van der Waals surface area (Å²) in [5, 5.41) is 0. The molecule has 0 fully saturated rings. The highest BCUT2D eigenvalue weighted by molar-refractivity contribution is 7.92. The Kier molecular flexibility index (Phi) is 5.55. The molecule has 7 nitrogen and oxygen atoms in total. The van der Waals surface area contributed by atoms with E-state index in [9.17, 15) is 22.4 Å². The predicted molar refractivity (Wildman–Crippen MR) is 99.1 cm³/mol. The molecule has 3 aromatic rings. The third-order valence-electron chi connectivity index (χ3n) is 3.75. The lowest BCUT2D eigenvalue weighted by molar-refractivity contribution is 0.0474. The fourth-order valence-electron chi connectivity index (χ4n) is 2.36. The minimum absolute atomic E-state index is 0.0239. The topological polar surface area (TPSA) is 105 Å². The molecule has 0 radical (unpaired) electrons. The number of hydrogen-bond acceptors (Lipinski definition) is 5. The van der Waals surface area contributed by atoms with Crippen LogP contribution in [0.5, 0.6) is 0 Å². The van der Waals surface area contributed by atoms with E-state index in [1.807, 2.05) is 0 Å². The normalized spacial score (nSPS) is 11.0. The second-order valence-electron chi connectivity index (χ2n) is 5.69. The lowest BCUT2D eigenvalue weighted by Gasteiger charge is -2.12. The Morgan fingerprint density at radius 3 is 2.39 bits per heavy atom. The van der Waals surface area contributed by atoms with Gasteiger partial charge in [0, 0.05) is 6.20 Å². The molecule has 0 aliphatic carbocycles. The van der Waals surface area contributed by atoms with Gasteiger partial charge in [0.25, 0.3) is 10.0 Å². The summed E-state index contributed by atoms with van der Waals surface area (Å²) in [6, 6.07) is 13.2. The van der Waals surface area contributed by atoms with E-state index in [1.165, 1.54) is 24.3 Å². The molecule has 0 amide bonds. The number of benzene rings is 2. The lowest BCUT2D eigenvalue weighted by atomic mass is 10.2. The summed E-state index contributed by atoms with van der Waals surface area (Å²) >= 11 is 0. The molecule has 144 valence electrons. The molecule has 0 saturated carbocycles. The number of sulfonamides is 1. The molecule has 0 atom stereocenters. The number of Topliss-reactive ketones (excluding diaryl/α,β-unsaturated/α-hetero) is 1. The maximum atomic E-state index is 13.0. The molecule has 0 aliphatic rings. The number of H-pyrrole nitrogens is 1. The van der Waals surface area contributed by atoms with Crippen LogP contribution in [-0.4, -0.2) is 31.8 Å². The summed E-state index contributed by atoms with van der Waals surface area (Å²) in [4.78, 5) is 26.8. The van der Waals surface area contributed by atoms with E-state index < -0.39 is 34.2 Å². The minimum atomic E-state index is -4.05. The predicted octanol–water partition coefficient (Wildman–Crippen LogP) is 2.99. The summed E-state index contributed by atoms with van der Waals surface area (Å²) in [5.74, 6) is -1.87. The van der Waals surface area contributed by atoms with Crippen LogP contribution in [0.15, 0.2) is 71.8 Å². The van der Waals surface area contributed by atoms with E-state index in [4.69, 9.17) is 4.74 Å². The summed E-state index contributed by atoms with van der Waals surface area (Å²) in [6.45, 7) is -0.502. The first-order valence-corrected chi connectivity index (χ1v) is 9.56. The van der Waals surface area contributed by atoms with Crippen LogP contribution < -0.4 is 4.72 Å². The van der Waals surface area contributed by atoms with Crippen LogP contribution in [0.4, 0.5) is 10.1 Å². The Balaban J connectivity index is 1.76. The number of para-hydroxylation sites is 1. The van der Waals surface area contributed by atoms with Gasteiger partial charge in [0.1, 0.15) is 5.82 Å². The third kappa shape index (κ3) is 4.44. The average molecular weight is 402 g/mol. The van der Waals surface area contributed by atoms with Crippen molar-refractivity contribution in [3.63, 3.8) is 0 Å². The van der Waals surface area contributed by atoms with Crippen molar-refractivity contribution in [1.29, 1.82) is 0 Å². The molecular formula is C19H15FN2O5S. The molecule has 0 saturated heterocycles. The molecule has 0 spiro atoms. The fraction of sp³-hybridized carbons (Fsp3) is 0.0526. The van der Waals surface area contributed by atoms with Crippen LogP contribution in [0.2, 0.25) is 0 Å². The number of esters is 1. The highest BCUT2D eigenvalue weighted by Crippen LogP contribution is 2.21. The molecule has 2 N–H and O–H groups in total. The van der Waals surface area contributed by atoms with Crippen molar-refractivity contribution in [2.75, 3.05) is 11.3 Å². The van der Waals surface area contributed by atoms with Crippen LogP contribution in [-0.2, 0) is 14.8 Å². The molecule has 2 aromatic carbocycles. The average Bonchev–Trinajstić information content (AvgIpc) is 3.21. The molecule has 28 heavy (non-hydrogen) atoms. The second-order valence-corrected chi connectivity index (χ2v) is 7.37. The lowest BCUT2D eigenvalue weighted by Crippen LogP contribution is -2.18. The van der Waals surface area contributed by atoms with Gasteiger partial charge < -0.3 is 9.72 Å². The van der Waals surface area contributed by atoms with Crippen LogP contribution in [0.3, 0.4) is 0 Å². The SMILES string of the molecule is O=C(COC(=O)c1ccccc1NS(=O)(=O)c1ccc(F)cc1)c1ccc[nH]1. The fourth-order valence-corrected chi connectivity index (χ4v) is 3.44. The molecule has 0 aliphatic heterocycles. The summed E-state index contributed by atoms with van der Waals surface area (Å²) in [6.07, 6.45) is 1.56. The van der Waals surface area contributed by atoms with Crippen molar-refractivity contribution in [2.24, 2.45) is 0 Å². The Hall–Kier alpha value is -3.46. The zero-order valence-corrected chi connectivity index (χ0v) is 15.2. The number of carbonyl (C=O) groups is 2. The van der Waals surface area contributed by atoms with Crippen LogP contribution in [0, 0.1) is 5.82 Å². The van der Waals surface area contributed by atoms with E-state index in [2.05, 4.69) is 9.71 Å². The Morgan fingerprint density at radius 2 is 1.71 bits per heavy atom. The van der Waals surface area contributed by atoms with E-state index >= 15 is 0 Å². The Morgan fingerprint density at radius 1 is 1.00 bits per heavy atom. The number of aromatic amines is 1. The first kappa shape index (κ1) is 19.3. The van der Waals surface area contributed by atoms with E-state index in [0.29, 0.717) is 0 Å². The van der Waals surface area contributed by atoms with Gasteiger partial charge in [0.2, 0.25) is 5.78 Å². The van der Waals surface area contributed by atoms with Crippen molar-refractivity contribution >= 4 is 27.5 Å².